The second-order valence-corrected chi connectivity index (χ2v) is 6.54. The van der Waals surface area contributed by atoms with Crippen molar-refractivity contribution in [2.75, 3.05) is 30.4 Å². The van der Waals surface area contributed by atoms with E-state index in [-0.39, 0.29) is 18.4 Å². The Bertz CT molecular complexity index is 797. The van der Waals surface area contributed by atoms with Crippen molar-refractivity contribution >= 4 is 39.1 Å². The number of halogens is 1. The van der Waals surface area contributed by atoms with Crippen LogP contribution in [0.5, 0.6) is 5.75 Å². The Hall–Kier alpha value is -2.54. The molecule has 2 aromatic carbocycles. The van der Waals surface area contributed by atoms with Crippen LogP contribution < -0.4 is 20.3 Å². The fourth-order valence-corrected chi connectivity index (χ4v) is 3.09. The molecular formula is C18H18BrN3O3. The summed E-state index contributed by atoms with van der Waals surface area (Å²) in [6, 6.07) is 14.8. The molecule has 2 amide bonds. The first kappa shape index (κ1) is 17.3. The highest BCUT2D eigenvalue weighted by Crippen LogP contribution is 2.33. The zero-order valence-corrected chi connectivity index (χ0v) is 15.2. The van der Waals surface area contributed by atoms with Crippen LogP contribution in [0.1, 0.15) is 0 Å². The Morgan fingerprint density at radius 3 is 2.80 bits per heavy atom. The molecule has 0 saturated heterocycles. The van der Waals surface area contributed by atoms with E-state index >= 15 is 0 Å². The van der Waals surface area contributed by atoms with Gasteiger partial charge in [-0.05, 0) is 30.3 Å². The van der Waals surface area contributed by atoms with Crippen molar-refractivity contribution in [2.24, 2.45) is 0 Å². The van der Waals surface area contributed by atoms with Crippen LogP contribution in [0, 0.1) is 0 Å². The normalized spacial score (nSPS) is 15.8. The van der Waals surface area contributed by atoms with Gasteiger partial charge in [0.25, 0.3) is 5.91 Å². The molecule has 1 aliphatic rings. The lowest BCUT2D eigenvalue weighted by Gasteiger charge is -2.34. The molecule has 0 unspecified atom stereocenters. The Labute approximate surface area is 154 Å². The average Bonchev–Trinajstić information content (AvgIpc) is 2.60. The van der Waals surface area contributed by atoms with Crippen LogP contribution >= 0.6 is 15.9 Å². The Balaban J connectivity index is 1.75. The molecule has 2 aromatic rings. The van der Waals surface area contributed by atoms with Crippen LogP contribution in [-0.4, -0.2) is 38.1 Å². The van der Waals surface area contributed by atoms with Gasteiger partial charge < -0.3 is 20.3 Å². The highest BCUT2D eigenvalue weighted by molar-refractivity contribution is 9.10. The van der Waals surface area contributed by atoms with E-state index in [4.69, 9.17) is 4.74 Å². The number of hydrogen-bond donors (Lipinski definition) is 2. The molecule has 1 heterocycles. The quantitative estimate of drug-likeness (QED) is 0.821. The highest BCUT2D eigenvalue weighted by atomic mass is 79.9. The Morgan fingerprint density at radius 2 is 2.04 bits per heavy atom. The zero-order chi connectivity index (χ0) is 17.8. The molecule has 25 heavy (non-hydrogen) atoms. The minimum atomic E-state index is -0.654. The van der Waals surface area contributed by atoms with E-state index in [1.165, 1.54) is 0 Å². The molecule has 0 fully saturated rings. The molecule has 6 nitrogen and oxygen atoms in total. The number of nitrogens with one attached hydrogen (secondary N) is 2. The summed E-state index contributed by atoms with van der Waals surface area (Å²) in [7, 11) is 1.57. The van der Waals surface area contributed by atoms with Crippen LogP contribution in [0.2, 0.25) is 0 Å². The van der Waals surface area contributed by atoms with Gasteiger partial charge >= 0.3 is 0 Å². The summed E-state index contributed by atoms with van der Waals surface area (Å²) in [6.45, 7) is 0.434. The van der Waals surface area contributed by atoms with Gasteiger partial charge in [0.2, 0.25) is 5.91 Å². The number of carbonyl (C=O) groups is 2. The van der Waals surface area contributed by atoms with Gasteiger partial charge in [-0.25, -0.2) is 0 Å². The maximum atomic E-state index is 12.4. The minimum Gasteiger partial charge on any atom is -0.477 e. The Kier molecular flexibility index (Phi) is 5.23. The molecule has 1 atom stereocenters. The van der Waals surface area contributed by atoms with Crippen LogP contribution in [0.15, 0.2) is 53.0 Å². The summed E-state index contributed by atoms with van der Waals surface area (Å²) < 4.78 is 6.63. The summed E-state index contributed by atoms with van der Waals surface area (Å²) in [5.41, 5.74) is 1.51. The molecule has 0 spiro atoms. The van der Waals surface area contributed by atoms with E-state index in [2.05, 4.69) is 26.6 Å². The number of para-hydroxylation sites is 2. The van der Waals surface area contributed by atoms with Crippen LogP contribution in [0.25, 0.3) is 0 Å². The van der Waals surface area contributed by atoms with Gasteiger partial charge in [-0.3, -0.25) is 9.59 Å². The van der Waals surface area contributed by atoms with Gasteiger partial charge in [0.1, 0.15) is 5.75 Å². The number of fused-ring (bicyclic) bond motifs is 1. The number of ether oxygens (including phenoxy) is 1. The summed E-state index contributed by atoms with van der Waals surface area (Å²) in [4.78, 5) is 26.3. The van der Waals surface area contributed by atoms with Crippen molar-refractivity contribution < 1.29 is 14.3 Å². The first-order valence-corrected chi connectivity index (χ1v) is 8.64. The summed E-state index contributed by atoms with van der Waals surface area (Å²) >= 11 is 3.38. The summed E-state index contributed by atoms with van der Waals surface area (Å²) in [6.07, 6.45) is -0.654. The standard InChI is InChI=1S/C18H18BrN3O3/c1-20-18(24)16-10-22(14-7-2-3-8-15(14)25-16)11-17(23)21-13-6-4-5-12(19)9-13/h2-9,16H,10-11H2,1H3,(H,20,24)(H,21,23)/t16-/m0/s1. The molecule has 0 radical (unpaired) electrons. The van der Waals surface area contributed by atoms with Crippen LogP contribution in [-0.2, 0) is 9.59 Å². The molecule has 0 aliphatic carbocycles. The number of anilines is 2. The maximum Gasteiger partial charge on any atom is 0.262 e. The van der Waals surface area contributed by atoms with Crippen molar-refractivity contribution in [3.63, 3.8) is 0 Å². The van der Waals surface area contributed by atoms with Gasteiger partial charge in [-0.2, -0.15) is 0 Å². The lowest BCUT2D eigenvalue weighted by atomic mass is 10.1. The number of benzene rings is 2. The second-order valence-electron chi connectivity index (χ2n) is 5.63. The average molecular weight is 404 g/mol. The van der Waals surface area contributed by atoms with Gasteiger partial charge in [-0.1, -0.05) is 34.1 Å². The molecule has 130 valence electrons. The van der Waals surface area contributed by atoms with Crippen molar-refractivity contribution in [1.82, 2.24) is 5.32 Å². The van der Waals surface area contributed by atoms with Crippen molar-refractivity contribution in [2.45, 2.75) is 6.10 Å². The summed E-state index contributed by atoms with van der Waals surface area (Å²) in [5, 5.41) is 5.46. The molecule has 7 heteroatoms. The zero-order valence-electron chi connectivity index (χ0n) is 13.7. The van der Waals surface area contributed by atoms with Crippen LogP contribution in [0.3, 0.4) is 0 Å². The topological polar surface area (TPSA) is 70.7 Å². The second kappa shape index (κ2) is 7.57. The number of hydrogen-bond acceptors (Lipinski definition) is 4. The molecule has 0 aromatic heterocycles. The van der Waals surface area contributed by atoms with Crippen LogP contribution in [0.4, 0.5) is 11.4 Å². The fraction of sp³-hybridized carbons (Fsp3) is 0.222. The lowest BCUT2D eigenvalue weighted by molar-refractivity contribution is -0.127. The maximum absolute atomic E-state index is 12.4. The number of nitrogens with zero attached hydrogens (tertiary/aromatic N) is 1. The molecular weight excluding hydrogens is 386 g/mol. The lowest BCUT2D eigenvalue weighted by Crippen LogP contribution is -2.50. The third kappa shape index (κ3) is 4.11. The van der Waals surface area contributed by atoms with Crippen molar-refractivity contribution in [3.8, 4) is 5.75 Å². The van der Waals surface area contributed by atoms with Crippen molar-refractivity contribution in [1.29, 1.82) is 0 Å². The third-order valence-corrected chi connectivity index (χ3v) is 4.34. The largest absolute Gasteiger partial charge is 0.477 e. The van der Waals surface area contributed by atoms with E-state index in [0.717, 1.165) is 10.2 Å². The SMILES string of the molecule is CNC(=O)[C@@H]1CN(CC(=O)Nc2cccc(Br)c2)c2ccccc2O1. The van der Waals surface area contributed by atoms with E-state index in [1.807, 2.05) is 47.4 Å². The first-order valence-electron chi connectivity index (χ1n) is 7.84. The number of amides is 2. The van der Waals surface area contributed by atoms with E-state index in [9.17, 15) is 9.59 Å². The third-order valence-electron chi connectivity index (χ3n) is 3.84. The molecule has 3 rings (SSSR count). The molecule has 0 saturated carbocycles. The minimum absolute atomic E-state index is 0.125. The van der Waals surface area contributed by atoms with E-state index in [1.54, 1.807) is 13.1 Å². The monoisotopic (exact) mass is 403 g/mol. The molecule has 1 aliphatic heterocycles. The molecule has 2 N–H and O–H groups in total. The van der Waals surface area contributed by atoms with Crippen molar-refractivity contribution in [3.05, 3.63) is 53.0 Å². The fourth-order valence-electron chi connectivity index (χ4n) is 2.69. The molecule has 0 bridgehead atoms. The highest BCUT2D eigenvalue weighted by Gasteiger charge is 2.30. The first-order chi connectivity index (χ1) is 12.1. The van der Waals surface area contributed by atoms with Gasteiger partial charge in [0.15, 0.2) is 6.10 Å². The van der Waals surface area contributed by atoms with Gasteiger partial charge in [0.05, 0.1) is 18.8 Å². The number of rotatable bonds is 4. The predicted octanol–water partition coefficient (Wildman–Crippen LogP) is 2.40. The van der Waals surface area contributed by atoms with E-state index in [0.29, 0.717) is 18.0 Å². The van der Waals surface area contributed by atoms with E-state index < -0.39 is 6.10 Å². The number of carbonyl (C=O) groups excluding carboxylic acids is 2. The summed E-state index contributed by atoms with van der Waals surface area (Å²) in [5.74, 6) is 0.218. The number of likely N-dealkylation sites (N-methyl/N-ethyl adjacent to an activating group) is 1. The smallest absolute Gasteiger partial charge is 0.262 e. The Morgan fingerprint density at radius 1 is 1.24 bits per heavy atom. The van der Waals surface area contributed by atoms with Gasteiger partial charge in [-0.15, -0.1) is 0 Å². The predicted molar refractivity (Wildman–Crippen MR) is 99.9 cm³/mol. The van der Waals surface area contributed by atoms with Gasteiger partial charge in [0, 0.05) is 17.2 Å².